The second kappa shape index (κ2) is 4.96. The van der Waals surface area contributed by atoms with E-state index in [1.165, 1.54) is 12.1 Å². The predicted octanol–water partition coefficient (Wildman–Crippen LogP) is 0.541. The summed E-state index contributed by atoms with van der Waals surface area (Å²) in [5.41, 5.74) is 0.239. The monoisotopic (exact) mass is 243 g/mol. The highest BCUT2D eigenvalue weighted by Gasteiger charge is 2.05. The lowest BCUT2D eigenvalue weighted by Gasteiger charge is -2.04. The van der Waals surface area contributed by atoms with E-state index in [0.29, 0.717) is 0 Å². The zero-order valence-electron chi connectivity index (χ0n) is 8.49. The van der Waals surface area contributed by atoms with Gasteiger partial charge in [0.05, 0.1) is 17.5 Å². The van der Waals surface area contributed by atoms with Crippen LogP contribution in [0.4, 0.5) is 10.1 Å². The molecule has 86 valence electrons. The topological polar surface area (TPSA) is 66.4 Å². The fraction of sp³-hybridized carbons (Fsp3) is 0.200. The zero-order valence-corrected chi connectivity index (χ0v) is 9.31. The molecule has 0 amide bonds. The molecule has 1 aromatic rings. The van der Waals surface area contributed by atoms with Crippen molar-refractivity contribution in [2.45, 2.75) is 0 Å². The van der Waals surface area contributed by atoms with E-state index >= 15 is 0 Å². The number of hydrogen-bond acceptors (Lipinski definition) is 3. The Kier molecular flexibility index (Phi) is 3.88. The van der Waals surface area contributed by atoms with E-state index < -0.39 is 15.8 Å². The van der Waals surface area contributed by atoms with Gasteiger partial charge in [-0.2, -0.15) is 0 Å². The van der Waals surface area contributed by atoms with E-state index in [0.717, 1.165) is 12.3 Å². The molecule has 1 rings (SSSR count). The van der Waals surface area contributed by atoms with Crippen molar-refractivity contribution in [2.24, 2.45) is 0 Å². The number of aliphatic hydroxyl groups is 1. The molecule has 0 saturated carbocycles. The average Bonchev–Trinajstić information content (AvgIpc) is 2.14. The molecule has 0 saturated heterocycles. The van der Waals surface area contributed by atoms with Crippen molar-refractivity contribution in [2.75, 3.05) is 17.6 Å². The van der Waals surface area contributed by atoms with Crippen LogP contribution in [-0.4, -0.2) is 26.4 Å². The van der Waals surface area contributed by atoms with Crippen molar-refractivity contribution in [3.63, 3.8) is 0 Å². The van der Waals surface area contributed by atoms with Gasteiger partial charge in [-0.15, -0.1) is 0 Å². The minimum Gasteiger partial charge on any atom is -0.384 e. The third kappa shape index (κ3) is 3.88. The fourth-order valence-corrected chi connectivity index (χ4v) is 1.58. The van der Waals surface area contributed by atoms with E-state index in [-0.39, 0.29) is 17.9 Å². The highest BCUT2D eigenvalue weighted by molar-refractivity contribution is 7.92. The zero-order chi connectivity index (χ0) is 12.2. The molecule has 0 spiro atoms. The predicted molar refractivity (Wildman–Crippen MR) is 58.8 cm³/mol. The summed E-state index contributed by atoms with van der Waals surface area (Å²) in [5.74, 6) is 4.06. The maximum atomic E-state index is 13.3. The van der Waals surface area contributed by atoms with Crippen molar-refractivity contribution in [1.82, 2.24) is 0 Å². The average molecular weight is 243 g/mol. The van der Waals surface area contributed by atoms with Crippen LogP contribution in [0.5, 0.6) is 0 Å². The summed E-state index contributed by atoms with van der Waals surface area (Å²) in [6.45, 7) is -0.358. The molecule has 1 aromatic carbocycles. The number of benzene rings is 1. The van der Waals surface area contributed by atoms with Crippen molar-refractivity contribution in [1.29, 1.82) is 0 Å². The Hall–Kier alpha value is -1.58. The van der Waals surface area contributed by atoms with Crippen LogP contribution in [0.15, 0.2) is 18.2 Å². The maximum absolute atomic E-state index is 13.3. The minimum absolute atomic E-state index is 0.105. The van der Waals surface area contributed by atoms with Crippen LogP contribution in [0, 0.1) is 17.7 Å². The summed E-state index contributed by atoms with van der Waals surface area (Å²) < 4.78 is 37.2. The first-order valence-electron chi connectivity index (χ1n) is 4.29. The van der Waals surface area contributed by atoms with E-state index in [9.17, 15) is 12.8 Å². The highest BCUT2D eigenvalue weighted by Crippen LogP contribution is 2.14. The molecule has 0 aliphatic rings. The molecule has 4 nitrogen and oxygen atoms in total. The minimum atomic E-state index is -3.42. The standard InChI is InChI=1S/C10H10FNO3S/c1-16(14,15)12-9-5-4-8(3-2-6-13)10(11)7-9/h4-5,7,12-13H,6H2,1H3. The first kappa shape index (κ1) is 12.5. The van der Waals surface area contributed by atoms with Gasteiger partial charge in [0.1, 0.15) is 12.4 Å². The first-order valence-corrected chi connectivity index (χ1v) is 6.18. The van der Waals surface area contributed by atoms with E-state index in [2.05, 4.69) is 16.6 Å². The highest BCUT2D eigenvalue weighted by atomic mass is 32.2. The van der Waals surface area contributed by atoms with Crippen LogP contribution in [0.3, 0.4) is 0 Å². The van der Waals surface area contributed by atoms with Gasteiger partial charge in [0.15, 0.2) is 0 Å². The molecular weight excluding hydrogens is 233 g/mol. The third-order valence-electron chi connectivity index (χ3n) is 1.57. The lowest BCUT2D eigenvalue weighted by Crippen LogP contribution is -2.09. The van der Waals surface area contributed by atoms with Crippen LogP contribution in [0.1, 0.15) is 5.56 Å². The van der Waals surface area contributed by atoms with E-state index in [1.54, 1.807) is 0 Å². The van der Waals surface area contributed by atoms with E-state index in [4.69, 9.17) is 5.11 Å². The second-order valence-electron chi connectivity index (χ2n) is 3.03. The summed E-state index contributed by atoms with van der Waals surface area (Å²) in [7, 11) is -3.42. The number of anilines is 1. The quantitative estimate of drug-likeness (QED) is 0.745. The number of hydrogen-bond donors (Lipinski definition) is 2. The molecule has 0 aliphatic carbocycles. The summed E-state index contributed by atoms with van der Waals surface area (Å²) in [4.78, 5) is 0. The molecule has 0 aliphatic heterocycles. The Morgan fingerprint density at radius 2 is 2.19 bits per heavy atom. The lowest BCUT2D eigenvalue weighted by molar-refractivity contribution is 0.350. The van der Waals surface area contributed by atoms with Crippen molar-refractivity contribution >= 4 is 15.7 Å². The van der Waals surface area contributed by atoms with Crippen LogP contribution >= 0.6 is 0 Å². The van der Waals surface area contributed by atoms with Gasteiger partial charge in [0.2, 0.25) is 10.0 Å². The number of halogens is 1. The number of nitrogens with one attached hydrogen (secondary N) is 1. The van der Waals surface area contributed by atoms with Gasteiger partial charge in [0, 0.05) is 0 Å². The van der Waals surface area contributed by atoms with Gasteiger partial charge in [-0.25, -0.2) is 12.8 Å². The van der Waals surface area contributed by atoms with Crippen LogP contribution < -0.4 is 4.72 Å². The largest absolute Gasteiger partial charge is 0.384 e. The SMILES string of the molecule is CS(=O)(=O)Nc1ccc(C#CCO)c(F)c1. The fourth-order valence-electron chi connectivity index (χ4n) is 1.03. The molecule has 0 fully saturated rings. The van der Waals surface area contributed by atoms with Crippen molar-refractivity contribution in [3.8, 4) is 11.8 Å². The molecule has 6 heteroatoms. The van der Waals surface area contributed by atoms with Gasteiger partial charge < -0.3 is 5.11 Å². The summed E-state index contributed by atoms with van der Waals surface area (Å²) in [6, 6.07) is 3.76. The molecule has 0 unspecified atom stereocenters. The van der Waals surface area contributed by atoms with Crippen molar-refractivity contribution in [3.05, 3.63) is 29.6 Å². The number of aliphatic hydroxyl groups excluding tert-OH is 1. The second-order valence-corrected chi connectivity index (χ2v) is 4.78. The van der Waals surface area contributed by atoms with Gasteiger partial charge in [-0.1, -0.05) is 11.8 Å². The Morgan fingerprint density at radius 1 is 1.50 bits per heavy atom. The summed E-state index contributed by atoms with van der Waals surface area (Å²) in [5, 5.41) is 8.44. The maximum Gasteiger partial charge on any atom is 0.229 e. The normalized spacial score (nSPS) is 10.4. The number of rotatable bonds is 2. The Balaban J connectivity index is 3.00. The molecule has 0 bridgehead atoms. The molecule has 0 aromatic heterocycles. The smallest absolute Gasteiger partial charge is 0.229 e. The molecular formula is C10H10FNO3S. The van der Waals surface area contributed by atoms with Crippen LogP contribution in [-0.2, 0) is 10.0 Å². The number of sulfonamides is 1. The molecule has 16 heavy (non-hydrogen) atoms. The Bertz CT molecular complexity index is 543. The Labute approximate surface area is 93.2 Å². The van der Waals surface area contributed by atoms with Crippen LogP contribution in [0.25, 0.3) is 0 Å². The van der Waals surface area contributed by atoms with Crippen molar-refractivity contribution < 1.29 is 17.9 Å². The first-order chi connectivity index (χ1) is 7.42. The van der Waals surface area contributed by atoms with Gasteiger partial charge in [-0.05, 0) is 18.2 Å². The van der Waals surface area contributed by atoms with Gasteiger partial charge in [-0.3, -0.25) is 4.72 Å². The third-order valence-corrected chi connectivity index (χ3v) is 2.18. The molecule has 0 atom stereocenters. The molecule has 0 heterocycles. The Morgan fingerprint density at radius 3 is 2.69 bits per heavy atom. The molecule has 2 N–H and O–H groups in total. The summed E-state index contributed by atoms with van der Waals surface area (Å²) >= 11 is 0. The molecule has 0 radical (unpaired) electrons. The van der Waals surface area contributed by atoms with Gasteiger partial charge >= 0.3 is 0 Å². The lowest BCUT2D eigenvalue weighted by atomic mass is 10.2. The van der Waals surface area contributed by atoms with Gasteiger partial charge in [0.25, 0.3) is 0 Å². The van der Waals surface area contributed by atoms with Crippen LogP contribution in [0.2, 0.25) is 0 Å². The summed E-state index contributed by atoms with van der Waals surface area (Å²) in [6.07, 6.45) is 0.977. The van der Waals surface area contributed by atoms with E-state index in [1.807, 2.05) is 0 Å².